The van der Waals surface area contributed by atoms with E-state index in [9.17, 15) is 0 Å². The van der Waals surface area contributed by atoms with Gasteiger partial charge in [0.2, 0.25) is 0 Å². The van der Waals surface area contributed by atoms with Gasteiger partial charge in [0.05, 0.1) is 22.4 Å². The van der Waals surface area contributed by atoms with E-state index in [0.29, 0.717) is 0 Å². The number of aromatic nitrogens is 2. The summed E-state index contributed by atoms with van der Waals surface area (Å²) in [5.74, 6) is 0. The Labute approximate surface area is 345 Å². The molecular formula is C56H43N3. The van der Waals surface area contributed by atoms with Crippen LogP contribution in [0.3, 0.4) is 0 Å². The van der Waals surface area contributed by atoms with Crippen LogP contribution in [0.4, 0.5) is 17.1 Å². The van der Waals surface area contributed by atoms with Crippen molar-refractivity contribution in [3.05, 3.63) is 212 Å². The van der Waals surface area contributed by atoms with Crippen molar-refractivity contribution in [2.75, 3.05) is 4.90 Å². The van der Waals surface area contributed by atoms with Gasteiger partial charge in [-0.05, 0) is 97.9 Å². The van der Waals surface area contributed by atoms with E-state index in [-0.39, 0.29) is 5.41 Å². The minimum Gasteiger partial charge on any atom is -0.311 e. The van der Waals surface area contributed by atoms with Gasteiger partial charge < -0.3 is 4.90 Å². The number of rotatable bonds is 7. The predicted molar refractivity (Wildman–Crippen MR) is 250 cm³/mol. The average molecular weight is 758 g/mol. The van der Waals surface area contributed by atoms with Gasteiger partial charge in [-0.15, -0.1) is 0 Å². The summed E-state index contributed by atoms with van der Waals surface area (Å²) in [4.78, 5) is 13.0. The fourth-order valence-corrected chi connectivity index (χ4v) is 8.23. The van der Waals surface area contributed by atoms with Crippen molar-refractivity contribution < 1.29 is 0 Å². The molecule has 0 N–H and O–H groups in total. The highest BCUT2D eigenvalue weighted by Crippen LogP contribution is 2.39. The maximum atomic E-state index is 5.42. The van der Waals surface area contributed by atoms with Gasteiger partial charge in [-0.25, -0.2) is 9.97 Å². The summed E-state index contributed by atoms with van der Waals surface area (Å²) in [6, 6.07) is 73.6. The fourth-order valence-electron chi connectivity index (χ4n) is 8.23. The molecule has 0 spiro atoms. The monoisotopic (exact) mass is 757 g/mol. The van der Waals surface area contributed by atoms with Crippen molar-refractivity contribution in [2.45, 2.75) is 26.2 Å². The van der Waals surface area contributed by atoms with Crippen LogP contribution in [0, 0.1) is 0 Å². The predicted octanol–water partition coefficient (Wildman–Crippen LogP) is 15.4. The summed E-state index contributed by atoms with van der Waals surface area (Å²) in [5, 5.41) is 4.60. The van der Waals surface area contributed by atoms with E-state index in [1.165, 1.54) is 27.6 Å². The van der Waals surface area contributed by atoms with Crippen LogP contribution in [-0.2, 0) is 5.41 Å². The van der Waals surface area contributed by atoms with Gasteiger partial charge in [0.25, 0.3) is 0 Å². The number of fused-ring (bicyclic) bond motifs is 5. The molecule has 0 aliphatic heterocycles. The molecule has 0 atom stereocenters. The second-order valence-corrected chi connectivity index (χ2v) is 16.3. The molecule has 10 aromatic rings. The van der Waals surface area contributed by atoms with Crippen LogP contribution in [-0.4, -0.2) is 9.97 Å². The highest BCUT2D eigenvalue weighted by atomic mass is 15.1. The van der Waals surface area contributed by atoms with E-state index < -0.39 is 0 Å². The van der Waals surface area contributed by atoms with Crippen LogP contribution in [0.5, 0.6) is 0 Å². The smallest absolute Gasteiger partial charge is 0.0979 e. The molecular weight excluding hydrogens is 715 g/mol. The lowest BCUT2D eigenvalue weighted by Crippen LogP contribution is -2.10. The molecule has 59 heavy (non-hydrogen) atoms. The lowest BCUT2D eigenvalue weighted by atomic mass is 9.86. The molecule has 10 rings (SSSR count). The minimum absolute atomic E-state index is 0.129. The summed E-state index contributed by atoms with van der Waals surface area (Å²) in [7, 11) is 0. The number of benzene rings is 9. The van der Waals surface area contributed by atoms with Crippen molar-refractivity contribution in [1.82, 2.24) is 9.97 Å². The second-order valence-electron chi connectivity index (χ2n) is 16.3. The summed E-state index contributed by atoms with van der Waals surface area (Å²) in [6.07, 6.45) is 0. The number of hydrogen-bond acceptors (Lipinski definition) is 3. The molecule has 0 amide bonds. The minimum atomic E-state index is 0.129. The van der Waals surface area contributed by atoms with Crippen molar-refractivity contribution in [3.63, 3.8) is 0 Å². The van der Waals surface area contributed by atoms with E-state index >= 15 is 0 Å². The first-order valence-electron chi connectivity index (χ1n) is 20.3. The Balaban J connectivity index is 1.01. The number of para-hydroxylation sites is 1. The van der Waals surface area contributed by atoms with Crippen LogP contribution >= 0.6 is 0 Å². The maximum absolute atomic E-state index is 5.42. The molecule has 282 valence electrons. The fraction of sp³-hybridized carbons (Fsp3) is 0.0714. The van der Waals surface area contributed by atoms with Crippen molar-refractivity contribution in [3.8, 4) is 44.8 Å². The first kappa shape index (κ1) is 36.0. The highest BCUT2D eigenvalue weighted by Gasteiger charge is 2.18. The molecule has 3 nitrogen and oxygen atoms in total. The standard InChI is InChI=1S/C56H43N3/c1-56(2,3)46-29-21-38(22-30-46)39-23-31-48(32-24-39)59(47-17-11-6-12-18-47)49-33-25-40(26-34-49)44-27-35-50-45(37-44)20-19-41-28-36-51-55(52(41)50)58-54(43-15-9-5-10-16-43)53(57-51)42-13-7-4-8-14-42/h4-37H,1-3H3. The molecule has 1 heterocycles. The van der Waals surface area contributed by atoms with Gasteiger partial charge >= 0.3 is 0 Å². The third kappa shape index (κ3) is 6.91. The van der Waals surface area contributed by atoms with Crippen LogP contribution in [0.25, 0.3) is 77.3 Å². The number of nitrogens with zero attached hydrogens (tertiary/aromatic N) is 3. The van der Waals surface area contributed by atoms with Crippen LogP contribution < -0.4 is 4.90 Å². The molecule has 1 aromatic heterocycles. The summed E-state index contributed by atoms with van der Waals surface area (Å²) < 4.78 is 0. The van der Waals surface area contributed by atoms with Gasteiger partial charge in [-0.2, -0.15) is 0 Å². The Morgan fingerprint density at radius 3 is 1.41 bits per heavy atom. The second kappa shape index (κ2) is 14.9. The van der Waals surface area contributed by atoms with E-state index in [1.807, 2.05) is 12.1 Å². The van der Waals surface area contributed by atoms with Gasteiger partial charge in [-0.3, -0.25) is 0 Å². The number of hydrogen-bond donors (Lipinski definition) is 0. The molecule has 9 aromatic carbocycles. The molecule has 3 heteroatoms. The van der Waals surface area contributed by atoms with Crippen LogP contribution in [0.1, 0.15) is 26.3 Å². The van der Waals surface area contributed by atoms with E-state index in [2.05, 4.69) is 220 Å². The van der Waals surface area contributed by atoms with Crippen molar-refractivity contribution in [2.24, 2.45) is 0 Å². The summed E-state index contributed by atoms with van der Waals surface area (Å²) >= 11 is 0. The zero-order chi connectivity index (χ0) is 39.9. The normalized spacial score (nSPS) is 11.6. The Hall–Kier alpha value is -7.36. The highest BCUT2D eigenvalue weighted by molar-refractivity contribution is 6.19. The Morgan fingerprint density at radius 2 is 0.831 bits per heavy atom. The molecule has 0 aliphatic carbocycles. The summed E-state index contributed by atoms with van der Waals surface area (Å²) in [5.41, 5.74) is 15.2. The van der Waals surface area contributed by atoms with Crippen LogP contribution in [0.2, 0.25) is 0 Å². The largest absolute Gasteiger partial charge is 0.311 e. The van der Waals surface area contributed by atoms with Gasteiger partial charge in [0.15, 0.2) is 0 Å². The maximum Gasteiger partial charge on any atom is 0.0979 e. The van der Waals surface area contributed by atoms with Gasteiger partial charge in [-0.1, -0.05) is 178 Å². The van der Waals surface area contributed by atoms with Gasteiger partial charge in [0, 0.05) is 33.6 Å². The topological polar surface area (TPSA) is 29.0 Å². The average Bonchev–Trinajstić information content (AvgIpc) is 3.29. The first-order valence-corrected chi connectivity index (χ1v) is 20.3. The zero-order valence-electron chi connectivity index (χ0n) is 33.5. The lowest BCUT2D eigenvalue weighted by Gasteiger charge is -2.26. The Morgan fingerprint density at radius 1 is 0.373 bits per heavy atom. The first-order chi connectivity index (χ1) is 28.9. The number of anilines is 3. The van der Waals surface area contributed by atoms with Crippen molar-refractivity contribution >= 4 is 49.6 Å². The molecule has 0 aliphatic rings. The van der Waals surface area contributed by atoms with E-state index in [4.69, 9.17) is 9.97 Å². The van der Waals surface area contributed by atoms with Crippen molar-refractivity contribution in [1.29, 1.82) is 0 Å². The Bertz CT molecular complexity index is 3080. The Kier molecular flexibility index (Phi) is 9.07. The molecule has 0 unspecified atom stereocenters. The third-order valence-electron chi connectivity index (χ3n) is 11.4. The quantitative estimate of drug-likeness (QED) is 0.152. The van der Waals surface area contributed by atoms with Gasteiger partial charge in [0.1, 0.15) is 0 Å². The molecule has 0 saturated heterocycles. The zero-order valence-corrected chi connectivity index (χ0v) is 33.5. The molecule has 0 fully saturated rings. The molecule has 0 bridgehead atoms. The molecule has 0 saturated carbocycles. The van der Waals surface area contributed by atoms with E-state index in [0.717, 1.165) is 72.3 Å². The van der Waals surface area contributed by atoms with E-state index in [1.54, 1.807) is 0 Å². The third-order valence-corrected chi connectivity index (χ3v) is 11.4. The summed E-state index contributed by atoms with van der Waals surface area (Å²) in [6.45, 7) is 6.76. The molecule has 0 radical (unpaired) electrons. The SMILES string of the molecule is CC(C)(C)c1ccc(-c2ccc(N(c3ccccc3)c3ccc(-c4ccc5c(ccc6ccc7nc(-c8ccccc8)c(-c8ccccc8)nc7c65)c4)cc3)cc2)cc1. The van der Waals surface area contributed by atoms with Crippen LogP contribution in [0.15, 0.2) is 206 Å². The lowest BCUT2D eigenvalue weighted by molar-refractivity contribution is 0.590.